The van der Waals surface area contributed by atoms with Gasteiger partial charge in [0.05, 0.1) is 18.3 Å². The lowest BCUT2D eigenvalue weighted by molar-refractivity contribution is -0.132. The van der Waals surface area contributed by atoms with Gasteiger partial charge in [-0.3, -0.25) is 4.79 Å². The summed E-state index contributed by atoms with van der Waals surface area (Å²) in [4.78, 5) is 13.6. The number of nitrogens with two attached hydrogens (primary N) is 1. The van der Waals surface area contributed by atoms with E-state index in [9.17, 15) is 4.79 Å². The van der Waals surface area contributed by atoms with Crippen LogP contribution in [-0.2, 0) is 11.3 Å². The molecule has 0 radical (unpaired) electrons. The molecular formula is C12H21N3O2. The maximum atomic E-state index is 12.0. The molecule has 1 amide bonds. The molecule has 1 aromatic heterocycles. The molecule has 0 fully saturated rings. The first-order valence-electron chi connectivity index (χ1n) is 5.77. The molecule has 0 saturated carbocycles. The third-order valence-electron chi connectivity index (χ3n) is 2.96. The second-order valence-electron chi connectivity index (χ2n) is 4.77. The fourth-order valence-electron chi connectivity index (χ4n) is 1.58. The van der Waals surface area contributed by atoms with Gasteiger partial charge in [-0.15, -0.1) is 0 Å². The van der Waals surface area contributed by atoms with Crippen molar-refractivity contribution >= 4 is 5.91 Å². The van der Waals surface area contributed by atoms with Gasteiger partial charge in [-0.1, -0.05) is 19.0 Å². The van der Waals surface area contributed by atoms with Crippen LogP contribution in [0.3, 0.4) is 0 Å². The fraction of sp³-hybridized carbons (Fsp3) is 0.667. The average molecular weight is 239 g/mol. The number of amides is 1. The summed E-state index contributed by atoms with van der Waals surface area (Å²) in [6.07, 6.45) is 0. The fourth-order valence-corrected chi connectivity index (χ4v) is 1.58. The van der Waals surface area contributed by atoms with Crippen LogP contribution in [0.1, 0.15) is 30.9 Å². The summed E-state index contributed by atoms with van der Waals surface area (Å²) >= 11 is 0. The number of aromatic nitrogens is 1. The maximum Gasteiger partial charge on any atom is 0.239 e. The number of nitrogens with zero attached hydrogens (tertiary/aromatic N) is 2. The van der Waals surface area contributed by atoms with E-state index >= 15 is 0 Å². The van der Waals surface area contributed by atoms with Crippen LogP contribution in [0.15, 0.2) is 4.52 Å². The topological polar surface area (TPSA) is 72.4 Å². The Morgan fingerprint density at radius 3 is 2.47 bits per heavy atom. The third kappa shape index (κ3) is 3.06. The molecule has 5 nitrogen and oxygen atoms in total. The molecule has 0 unspecified atom stereocenters. The van der Waals surface area contributed by atoms with Crippen LogP contribution in [0, 0.1) is 19.8 Å². The van der Waals surface area contributed by atoms with E-state index in [4.69, 9.17) is 10.3 Å². The zero-order chi connectivity index (χ0) is 13.2. The molecule has 1 rings (SSSR count). The molecule has 1 aromatic rings. The molecule has 0 aliphatic carbocycles. The highest BCUT2D eigenvalue weighted by Crippen LogP contribution is 2.15. The Bertz CT molecular complexity index is 379. The molecular weight excluding hydrogens is 218 g/mol. The van der Waals surface area contributed by atoms with E-state index in [1.807, 2.05) is 27.7 Å². The lowest BCUT2D eigenvalue weighted by Crippen LogP contribution is -2.44. The largest absolute Gasteiger partial charge is 0.361 e. The summed E-state index contributed by atoms with van der Waals surface area (Å²) in [6.45, 7) is 8.07. The highest BCUT2D eigenvalue weighted by Gasteiger charge is 2.22. The van der Waals surface area contributed by atoms with E-state index in [2.05, 4.69) is 5.16 Å². The SMILES string of the molecule is Cc1noc(C)c1CN(C)C(=O)[C@H](N)C(C)C. The molecule has 0 bridgehead atoms. The van der Waals surface area contributed by atoms with Crippen LogP contribution in [0.4, 0.5) is 0 Å². The number of aryl methyl sites for hydroxylation is 2. The molecule has 96 valence electrons. The van der Waals surface area contributed by atoms with Gasteiger partial charge < -0.3 is 15.2 Å². The molecule has 0 saturated heterocycles. The van der Waals surface area contributed by atoms with E-state index in [0.717, 1.165) is 17.0 Å². The van der Waals surface area contributed by atoms with Crippen molar-refractivity contribution in [2.24, 2.45) is 11.7 Å². The van der Waals surface area contributed by atoms with Gasteiger partial charge in [0.25, 0.3) is 0 Å². The van der Waals surface area contributed by atoms with E-state index in [0.29, 0.717) is 6.54 Å². The van der Waals surface area contributed by atoms with Crippen molar-refractivity contribution in [3.8, 4) is 0 Å². The predicted molar refractivity (Wildman–Crippen MR) is 65.3 cm³/mol. The lowest BCUT2D eigenvalue weighted by atomic mass is 10.0. The number of hydrogen-bond donors (Lipinski definition) is 1. The molecule has 0 spiro atoms. The molecule has 0 aliphatic rings. The van der Waals surface area contributed by atoms with Gasteiger partial charge >= 0.3 is 0 Å². The van der Waals surface area contributed by atoms with Gasteiger partial charge in [0.1, 0.15) is 5.76 Å². The summed E-state index contributed by atoms with van der Waals surface area (Å²) in [6, 6.07) is -0.458. The van der Waals surface area contributed by atoms with Crippen molar-refractivity contribution < 1.29 is 9.32 Å². The molecule has 5 heteroatoms. The second-order valence-corrected chi connectivity index (χ2v) is 4.77. The van der Waals surface area contributed by atoms with Crippen molar-refractivity contribution in [3.05, 3.63) is 17.0 Å². The smallest absolute Gasteiger partial charge is 0.239 e. The van der Waals surface area contributed by atoms with Crippen molar-refractivity contribution in [2.75, 3.05) is 7.05 Å². The van der Waals surface area contributed by atoms with Gasteiger partial charge in [-0.2, -0.15) is 0 Å². The van der Waals surface area contributed by atoms with Gasteiger partial charge in [-0.25, -0.2) is 0 Å². The monoisotopic (exact) mass is 239 g/mol. The van der Waals surface area contributed by atoms with E-state index in [1.165, 1.54) is 0 Å². The average Bonchev–Trinajstić information content (AvgIpc) is 2.58. The first-order valence-corrected chi connectivity index (χ1v) is 5.77. The lowest BCUT2D eigenvalue weighted by Gasteiger charge is -2.23. The number of carbonyl (C=O) groups excluding carboxylic acids is 1. The molecule has 0 aliphatic heterocycles. The highest BCUT2D eigenvalue weighted by atomic mass is 16.5. The minimum Gasteiger partial charge on any atom is -0.361 e. The minimum absolute atomic E-state index is 0.0556. The maximum absolute atomic E-state index is 12.0. The van der Waals surface area contributed by atoms with Crippen LogP contribution in [0.25, 0.3) is 0 Å². The second kappa shape index (κ2) is 5.31. The number of rotatable bonds is 4. The third-order valence-corrected chi connectivity index (χ3v) is 2.96. The van der Waals surface area contributed by atoms with E-state index in [1.54, 1.807) is 11.9 Å². The zero-order valence-corrected chi connectivity index (χ0v) is 11.2. The van der Waals surface area contributed by atoms with Crippen LogP contribution in [-0.4, -0.2) is 29.1 Å². The Labute approximate surface area is 102 Å². The summed E-state index contributed by atoms with van der Waals surface area (Å²) in [5.41, 5.74) is 7.61. The Kier molecular flexibility index (Phi) is 4.28. The Hall–Kier alpha value is -1.36. The van der Waals surface area contributed by atoms with Crippen molar-refractivity contribution in [2.45, 2.75) is 40.3 Å². The Morgan fingerprint density at radius 2 is 2.06 bits per heavy atom. The van der Waals surface area contributed by atoms with Crippen LogP contribution in [0.2, 0.25) is 0 Å². The number of hydrogen-bond acceptors (Lipinski definition) is 4. The molecule has 1 atom stereocenters. The molecule has 1 heterocycles. The summed E-state index contributed by atoms with van der Waals surface area (Å²) in [7, 11) is 1.75. The van der Waals surface area contributed by atoms with Crippen molar-refractivity contribution in [1.29, 1.82) is 0 Å². The first kappa shape index (κ1) is 13.7. The van der Waals surface area contributed by atoms with Crippen molar-refractivity contribution in [1.82, 2.24) is 10.1 Å². The van der Waals surface area contributed by atoms with Crippen LogP contribution in [0.5, 0.6) is 0 Å². The predicted octanol–water partition coefficient (Wildman–Crippen LogP) is 1.23. The summed E-state index contributed by atoms with van der Waals surface area (Å²) in [5.74, 6) is 0.829. The van der Waals surface area contributed by atoms with Crippen LogP contribution < -0.4 is 5.73 Å². The number of likely N-dealkylation sites (N-methyl/N-ethyl adjacent to an activating group) is 1. The molecule has 0 aromatic carbocycles. The zero-order valence-electron chi connectivity index (χ0n) is 11.2. The van der Waals surface area contributed by atoms with Crippen molar-refractivity contribution in [3.63, 3.8) is 0 Å². The first-order chi connectivity index (χ1) is 7.84. The van der Waals surface area contributed by atoms with Gasteiger partial charge in [0.2, 0.25) is 5.91 Å². The standard InChI is InChI=1S/C12H21N3O2/c1-7(2)11(13)12(16)15(5)6-10-8(3)14-17-9(10)4/h7,11H,6,13H2,1-5H3/t11-/m1/s1. The summed E-state index contributed by atoms with van der Waals surface area (Å²) < 4.78 is 5.06. The number of carbonyl (C=O) groups is 1. The Morgan fingerprint density at radius 1 is 1.47 bits per heavy atom. The molecule has 17 heavy (non-hydrogen) atoms. The quantitative estimate of drug-likeness (QED) is 0.857. The van der Waals surface area contributed by atoms with E-state index < -0.39 is 6.04 Å². The van der Waals surface area contributed by atoms with E-state index in [-0.39, 0.29) is 11.8 Å². The van der Waals surface area contributed by atoms with Crippen LogP contribution >= 0.6 is 0 Å². The summed E-state index contributed by atoms with van der Waals surface area (Å²) in [5, 5.41) is 3.86. The van der Waals surface area contributed by atoms with Gasteiger partial charge in [0, 0.05) is 12.6 Å². The normalized spacial score (nSPS) is 12.9. The molecule has 2 N–H and O–H groups in total. The van der Waals surface area contributed by atoms with Gasteiger partial charge in [0.15, 0.2) is 0 Å². The van der Waals surface area contributed by atoms with Gasteiger partial charge in [-0.05, 0) is 19.8 Å². The Balaban J connectivity index is 2.73. The minimum atomic E-state index is -0.458. The highest BCUT2D eigenvalue weighted by molar-refractivity contribution is 5.81.